The van der Waals surface area contributed by atoms with Crippen molar-refractivity contribution >= 4 is 23.0 Å². The Labute approximate surface area is 189 Å². The number of carbonyl (C=O) groups excluding carboxylic acids is 1. The number of benzene rings is 2. The quantitative estimate of drug-likeness (QED) is 0.604. The fourth-order valence-electron chi connectivity index (χ4n) is 4.35. The minimum absolute atomic E-state index is 0.195. The summed E-state index contributed by atoms with van der Waals surface area (Å²) in [6.45, 7) is 9.34. The fourth-order valence-corrected chi connectivity index (χ4v) is 4.35. The number of fused-ring (bicyclic) bond motifs is 1. The van der Waals surface area contributed by atoms with E-state index in [0.717, 1.165) is 54.4 Å². The normalized spacial score (nSPS) is 15.9. The average molecular weight is 437 g/mol. The molecule has 7 heteroatoms. The van der Waals surface area contributed by atoms with Gasteiger partial charge in [0.15, 0.2) is 0 Å². The van der Waals surface area contributed by atoms with Gasteiger partial charge < -0.3 is 25.3 Å². The summed E-state index contributed by atoms with van der Waals surface area (Å²) in [5, 5.41) is 23.6. The van der Waals surface area contributed by atoms with E-state index in [1.165, 1.54) is 0 Å². The number of piperazine rings is 1. The standard InChI is InChI=1S/C25H32N4O3/c1-3-27(4-2)17-25(32)29-13-11-28(12-14-29)19-6-10-24(31)21(16-19)23-8-5-18-15-20(30)7-9-22(18)26-23/h6-10,15-16,26,30-31H,3-5,11-14,17H2,1-2H3. The lowest BCUT2D eigenvalue weighted by atomic mass is 10.00. The van der Waals surface area contributed by atoms with E-state index in [-0.39, 0.29) is 17.4 Å². The summed E-state index contributed by atoms with van der Waals surface area (Å²) in [5.74, 6) is 0.672. The van der Waals surface area contributed by atoms with Gasteiger partial charge in [0.05, 0.1) is 6.54 Å². The summed E-state index contributed by atoms with van der Waals surface area (Å²) in [4.78, 5) is 19.0. The van der Waals surface area contributed by atoms with E-state index in [4.69, 9.17) is 0 Å². The number of carbonyl (C=O) groups is 1. The lowest BCUT2D eigenvalue weighted by Gasteiger charge is -2.37. The first-order chi connectivity index (χ1) is 15.5. The molecule has 0 saturated carbocycles. The van der Waals surface area contributed by atoms with E-state index in [9.17, 15) is 15.0 Å². The zero-order valence-electron chi connectivity index (χ0n) is 18.8. The Hall–Kier alpha value is -3.19. The number of nitrogens with one attached hydrogen (secondary N) is 1. The van der Waals surface area contributed by atoms with E-state index in [2.05, 4.69) is 29.0 Å². The highest BCUT2D eigenvalue weighted by atomic mass is 16.3. The van der Waals surface area contributed by atoms with Gasteiger partial charge in [0.25, 0.3) is 0 Å². The first-order valence-electron chi connectivity index (χ1n) is 11.4. The van der Waals surface area contributed by atoms with Crippen LogP contribution in [0.4, 0.5) is 11.4 Å². The Balaban J connectivity index is 1.43. The van der Waals surface area contributed by atoms with Crippen LogP contribution in [0.3, 0.4) is 0 Å². The number of aromatic hydroxyl groups is 2. The van der Waals surface area contributed by atoms with Crippen molar-refractivity contribution in [1.29, 1.82) is 0 Å². The second kappa shape index (κ2) is 9.53. The molecule has 2 aromatic rings. The molecule has 0 aliphatic carbocycles. The van der Waals surface area contributed by atoms with E-state index >= 15 is 0 Å². The Morgan fingerprint density at radius 3 is 2.50 bits per heavy atom. The predicted octanol–water partition coefficient (Wildman–Crippen LogP) is 3.10. The lowest BCUT2D eigenvalue weighted by molar-refractivity contribution is -0.132. The molecule has 2 aromatic carbocycles. The predicted molar refractivity (Wildman–Crippen MR) is 128 cm³/mol. The van der Waals surface area contributed by atoms with Crippen LogP contribution in [0, 0.1) is 0 Å². The van der Waals surface area contributed by atoms with Gasteiger partial charge >= 0.3 is 0 Å². The third-order valence-electron chi connectivity index (χ3n) is 6.41. The number of likely N-dealkylation sites (N-methyl/N-ethyl adjacent to an activating group) is 1. The molecule has 4 rings (SSSR count). The summed E-state index contributed by atoms with van der Waals surface area (Å²) in [5.41, 5.74) is 4.60. The van der Waals surface area contributed by atoms with Crippen molar-refractivity contribution in [2.45, 2.75) is 20.3 Å². The van der Waals surface area contributed by atoms with E-state index in [0.29, 0.717) is 26.1 Å². The molecule has 7 nitrogen and oxygen atoms in total. The van der Waals surface area contributed by atoms with Crippen LogP contribution in [-0.2, 0) is 11.2 Å². The maximum atomic E-state index is 12.6. The van der Waals surface area contributed by atoms with Crippen LogP contribution in [0.25, 0.3) is 5.70 Å². The summed E-state index contributed by atoms with van der Waals surface area (Å²) in [6.07, 6.45) is 2.72. The van der Waals surface area contributed by atoms with Crippen molar-refractivity contribution < 1.29 is 15.0 Å². The highest BCUT2D eigenvalue weighted by molar-refractivity contribution is 5.85. The number of nitrogens with zero attached hydrogens (tertiary/aromatic N) is 3. The molecule has 1 amide bonds. The fraction of sp³-hybridized carbons (Fsp3) is 0.400. The monoisotopic (exact) mass is 436 g/mol. The van der Waals surface area contributed by atoms with Crippen LogP contribution in [-0.4, -0.2) is 71.7 Å². The minimum Gasteiger partial charge on any atom is -0.508 e. The molecule has 0 atom stereocenters. The van der Waals surface area contributed by atoms with Crippen LogP contribution < -0.4 is 10.2 Å². The number of hydrogen-bond acceptors (Lipinski definition) is 6. The average Bonchev–Trinajstić information content (AvgIpc) is 2.82. The molecule has 2 aliphatic heterocycles. The van der Waals surface area contributed by atoms with Gasteiger partial charge in [-0.25, -0.2) is 0 Å². The summed E-state index contributed by atoms with van der Waals surface area (Å²) in [6, 6.07) is 10.9. The molecule has 0 aromatic heterocycles. The summed E-state index contributed by atoms with van der Waals surface area (Å²) >= 11 is 0. The second-order valence-electron chi connectivity index (χ2n) is 8.32. The molecule has 0 unspecified atom stereocenters. The molecular formula is C25H32N4O3. The van der Waals surface area contributed by atoms with E-state index in [1.807, 2.05) is 29.2 Å². The number of anilines is 2. The van der Waals surface area contributed by atoms with Gasteiger partial charge in [0, 0.05) is 48.8 Å². The molecule has 32 heavy (non-hydrogen) atoms. The number of phenolic OH excluding ortho intramolecular Hbond substituents is 2. The molecule has 0 radical (unpaired) electrons. The molecule has 2 heterocycles. The van der Waals surface area contributed by atoms with Gasteiger partial charge in [-0.1, -0.05) is 19.9 Å². The largest absolute Gasteiger partial charge is 0.508 e. The van der Waals surface area contributed by atoms with Gasteiger partial charge in [-0.2, -0.15) is 0 Å². The first-order valence-corrected chi connectivity index (χ1v) is 11.4. The minimum atomic E-state index is 0.195. The molecule has 1 saturated heterocycles. The van der Waals surface area contributed by atoms with Crippen LogP contribution in [0.15, 0.2) is 42.5 Å². The van der Waals surface area contributed by atoms with Gasteiger partial charge in [-0.15, -0.1) is 0 Å². The highest BCUT2D eigenvalue weighted by Crippen LogP contribution is 2.35. The molecule has 0 spiro atoms. The van der Waals surface area contributed by atoms with Crippen molar-refractivity contribution in [3.05, 3.63) is 53.6 Å². The number of amides is 1. The van der Waals surface area contributed by atoms with Gasteiger partial charge in [-0.05, 0) is 61.5 Å². The third-order valence-corrected chi connectivity index (χ3v) is 6.41. The molecule has 3 N–H and O–H groups in total. The van der Waals surface area contributed by atoms with Crippen LogP contribution in [0.5, 0.6) is 11.5 Å². The summed E-state index contributed by atoms with van der Waals surface area (Å²) in [7, 11) is 0. The number of rotatable bonds is 6. The van der Waals surface area contributed by atoms with Crippen molar-refractivity contribution in [1.82, 2.24) is 9.80 Å². The number of hydrogen-bond donors (Lipinski definition) is 3. The van der Waals surface area contributed by atoms with E-state index in [1.54, 1.807) is 18.2 Å². The van der Waals surface area contributed by atoms with Gasteiger partial charge in [-0.3, -0.25) is 9.69 Å². The zero-order chi connectivity index (χ0) is 22.7. The van der Waals surface area contributed by atoms with Crippen LogP contribution >= 0.6 is 0 Å². The smallest absolute Gasteiger partial charge is 0.236 e. The van der Waals surface area contributed by atoms with Crippen molar-refractivity contribution in [2.24, 2.45) is 0 Å². The zero-order valence-corrected chi connectivity index (χ0v) is 18.8. The molecule has 2 aliphatic rings. The van der Waals surface area contributed by atoms with Crippen molar-refractivity contribution in [3.63, 3.8) is 0 Å². The van der Waals surface area contributed by atoms with Crippen molar-refractivity contribution in [3.8, 4) is 11.5 Å². The highest BCUT2D eigenvalue weighted by Gasteiger charge is 2.23. The lowest BCUT2D eigenvalue weighted by Crippen LogP contribution is -2.51. The molecular weight excluding hydrogens is 404 g/mol. The Morgan fingerprint density at radius 2 is 1.78 bits per heavy atom. The topological polar surface area (TPSA) is 79.3 Å². The van der Waals surface area contributed by atoms with E-state index < -0.39 is 0 Å². The maximum absolute atomic E-state index is 12.6. The SMILES string of the molecule is CCN(CC)CC(=O)N1CCN(c2ccc(O)c(C3=CCc4cc(O)ccc4N3)c2)CC1. The maximum Gasteiger partial charge on any atom is 0.236 e. The Kier molecular flexibility index (Phi) is 6.55. The molecule has 1 fully saturated rings. The van der Waals surface area contributed by atoms with Crippen LogP contribution in [0.1, 0.15) is 25.0 Å². The molecule has 0 bridgehead atoms. The van der Waals surface area contributed by atoms with Gasteiger partial charge in [0.1, 0.15) is 11.5 Å². The summed E-state index contributed by atoms with van der Waals surface area (Å²) < 4.78 is 0. The number of allylic oxidation sites excluding steroid dienone is 1. The van der Waals surface area contributed by atoms with Crippen LogP contribution in [0.2, 0.25) is 0 Å². The van der Waals surface area contributed by atoms with Crippen molar-refractivity contribution in [2.75, 3.05) is 56.0 Å². The third kappa shape index (κ3) is 4.67. The first kappa shape index (κ1) is 22.0. The van der Waals surface area contributed by atoms with Gasteiger partial charge in [0.2, 0.25) is 5.91 Å². The molecule has 170 valence electrons. The Bertz CT molecular complexity index is 1010. The number of phenols is 2. The Morgan fingerprint density at radius 1 is 1.03 bits per heavy atom. The second-order valence-corrected chi connectivity index (χ2v) is 8.32.